The largest absolute Gasteiger partial charge is 0.481 e. The van der Waals surface area contributed by atoms with Crippen LogP contribution in [-0.2, 0) is 9.53 Å². The van der Waals surface area contributed by atoms with Gasteiger partial charge in [-0.15, -0.1) is 0 Å². The van der Waals surface area contributed by atoms with Crippen molar-refractivity contribution >= 4 is 5.97 Å². The number of hydrogen-bond acceptors (Lipinski definition) is 6. The third kappa shape index (κ3) is 92.4. The minimum absolute atomic E-state index is 0.0278. The van der Waals surface area contributed by atoms with E-state index in [9.17, 15) is 0 Å². The molecule has 7 nitrogen and oxygen atoms in total. The summed E-state index contributed by atoms with van der Waals surface area (Å²) in [7, 11) is 0. The summed E-state index contributed by atoms with van der Waals surface area (Å²) in [5.74, 6) is 3.94. The molecule has 0 bridgehead atoms. The number of nitrogens with two attached hydrogens (primary N) is 1. The van der Waals surface area contributed by atoms with E-state index in [4.69, 9.17) is 26.0 Å². The third-order valence-corrected chi connectivity index (χ3v) is 0.675. The standard InChI is InChI=1S/C4H10O3.C2H8N2.C2H4O2/c5-1-3-7-4-2-6;1-2-4-3;1-2(3)4/h5-6H,1-4H2;4H,2-3H2,1H3;1H3,(H,3,4). The Balaban J connectivity index is -0.000000155. The minimum Gasteiger partial charge on any atom is -0.481 e. The lowest BCUT2D eigenvalue weighted by molar-refractivity contribution is -0.134. The summed E-state index contributed by atoms with van der Waals surface area (Å²) in [6.45, 7) is 4.57. The number of rotatable bonds is 5. The van der Waals surface area contributed by atoms with E-state index in [1.807, 2.05) is 6.92 Å². The number of hydrogen-bond donors (Lipinski definition) is 5. The lowest BCUT2D eigenvalue weighted by atomic mass is 10.7. The number of ether oxygens (including phenoxy) is 1. The first-order valence-electron chi connectivity index (χ1n) is 4.49. The van der Waals surface area contributed by atoms with Gasteiger partial charge < -0.3 is 20.1 Å². The van der Waals surface area contributed by atoms with E-state index in [2.05, 4.69) is 10.2 Å². The van der Waals surface area contributed by atoms with E-state index in [0.29, 0.717) is 13.2 Å². The van der Waals surface area contributed by atoms with E-state index in [1.165, 1.54) is 0 Å². The normalized spacial score (nSPS) is 8.07. The summed E-state index contributed by atoms with van der Waals surface area (Å²) in [5, 5.41) is 23.6. The molecule has 0 radical (unpaired) electrons. The Labute approximate surface area is 89.8 Å². The molecule has 0 aliphatic carbocycles. The number of carbonyl (C=O) groups is 1. The smallest absolute Gasteiger partial charge is 0.300 e. The van der Waals surface area contributed by atoms with E-state index < -0.39 is 5.97 Å². The summed E-state index contributed by atoms with van der Waals surface area (Å²) in [5.41, 5.74) is 2.43. The van der Waals surface area contributed by atoms with Gasteiger partial charge in [0.1, 0.15) is 0 Å². The van der Waals surface area contributed by atoms with Crippen LogP contribution in [0.4, 0.5) is 0 Å². The summed E-state index contributed by atoms with van der Waals surface area (Å²) < 4.78 is 4.63. The maximum atomic E-state index is 9.00. The maximum absolute atomic E-state index is 9.00. The highest BCUT2D eigenvalue weighted by Crippen LogP contribution is 1.68. The molecule has 0 atom stereocenters. The van der Waals surface area contributed by atoms with Crippen molar-refractivity contribution in [1.29, 1.82) is 0 Å². The second-order valence-corrected chi connectivity index (χ2v) is 2.14. The van der Waals surface area contributed by atoms with Crippen molar-refractivity contribution in [2.45, 2.75) is 13.8 Å². The van der Waals surface area contributed by atoms with Gasteiger partial charge in [-0.05, 0) is 0 Å². The molecule has 0 saturated carbocycles. The Kier molecular flexibility index (Phi) is 30.7. The molecule has 0 aromatic heterocycles. The molecule has 0 fully saturated rings. The first-order chi connectivity index (χ1) is 7.06. The lowest BCUT2D eigenvalue weighted by Gasteiger charge is -1.94. The first-order valence-corrected chi connectivity index (χ1v) is 4.49. The molecule has 0 spiro atoms. The fraction of sp³-hybridized carbons (Fsp3) is 0.875. The molecule has 15 heavy (non-hydrogen) atoms. The molecule has 0 aromatic carbocycles. The van der Waals surface area contributed by atoms with Gasteiger partial charge in [-0.3, -0.25) is 16.1 Å². The van der Waals surface area contributed by atoms with E-state index in [1.54, 1.807) is 0 Å². The molecule has 0 rings (SSSR count). The molecular formula is C8H22N2O5. The molecule has 94 valence electrons. The molecule has 6 N–H and O–H groups in total. The average Bonchev–Trinajstić information content (AvgIpc) is 2.18. The van der Waals surface area contributed by atoms with Crippen molar-refractivity contribution in [3.05, 3.63) is 0 Å². The van der Waals surface area contributed by atoms with Crippen LogP contribution in [0.2, 0.25) is 0 Å². The summed E-state index contributed by atoms with van der Waals surface area (Å²) in [4.78, 5) is 9.00. The number of nitrogens with one attached hydrogen (secondary N) is 1. The molecule has 0 aromatic rings. The second kappa shape index (κ2) is 23.2. The maximum Gasteiger partial charge on any atom is 0.300 e. The summed E-state index contributed by atoms with van der Waals surface area (Å²) in [6.07, 6.45) is 0. The van der Waals surface area contributed by atoms with Crippen LogP contribution in [0, 0.1) is 0 Å². The summed E-state index contributed by atoms with van der Waals surface area (Å²) in [6, 6.07) is 0. The molecule has 7 heteroatoms. The lowest BCUT2D eigenvalue weighted by Crippen LogP contribution is -2.20. The van der Waals surface area contributed by atoms with Gasteiger partial charge in [0.05, 0.1) is 26.4 Å². The van der Waals surface area contributed by atoms with Crippen molar-refractivity contribution in [3.8, 4) is 0 Å². The third-order valence-electron chi connectivity index (χ3n) is 0.675. The predicted molar refractivity (Wildman–Crippen MR) is 56.2 cm³/mol. The zero-order valence-electron chi connectivity index (χ0n) is 9.27. The van der Waals surface area contributed by atoms with Crippen LogP contribution < -0.4 is 11.3 Å². The highest BCUT2D eigenvalue weighted by atomic mass is 16.5. The Morgan fingerprint density at radius 2 is 1.60 bits per heavy atom. The SMILES string of the molecule is CC(=O)O.CCNN.OCCOCCO. The number of aliphatic hydroxyl groups is 2. The van der Waals surface area contributed by atoms with Gasteiger partial charge in [0.2, 0.25) is 0 Å². The Morgan fingerprint density at radius 1 is 1.33 bits per heavy atom. The minimum atomic E-state index is -0.833. The fourth-order valence-corrected chi connectivity index (χ4v) is 0.231. The van der Waals surface area contributed by atoms with E-state index in [0.717, 1.165) is 13.5 Å². The van der Waals surface area contributed by atoms with Gasteiger partial charge in [0.15, 0.2) is 0 Å². The van der Waals surface area contributed by atoms with Gasteiger partial charge in [-0.2, -0.15) is 0 Å². The summed E-state index contributed by atoms with van der Waals surface area (Å²) >= 11 is 0. The number of aliphatic carboxylic acids is 1. The second-order valence-electron chi connectivity index (χ2n) is 2.14. The molecule has 0 saturated heterocycles. The van der Waals surface area contributed by atoms with Gasteiger partial charge in [0.25, 0.3) is 5.97 Å². The van der Waals surface area contributed by atoms with Crippen LogP contribution in [0.25, 0.3) is 0 Å². The van der Waals surface area contributed by atoms with Gasteiger partial charge in [-0.1, -0.05) is 6.92 Å². The van der Waals surface area contributed by atoms with Crippen LogP contribution in [-0.4, -0.2) is 54.3 Å². The number of carboxylic acid groups (broad SMARTS) is 1. The zero-order valence-corrected chi connectivity index (χ0v) is 9.27. The van der Waals surface area contributed by atoms with Crippen molar-refractivity contribution in [3.63, 3.8) is 0 Å². The van der Waals surface area contributed by atoms with Gasteiger partial charge in [0, 0.05) is 13.5 Å². The number of hydrazine groups is 1. The topological polar surface area (TPSA) is 125 Å². The molecule has 0 aliphatic rings. The predicted octanol–water partition coefficient (Wildman–Crippen LogP) is -1.45. The fourth-order valence-electron chi connectivity index (χ4n) is 0.231. The zero-order chi connectivity index (χ0) is 12.5. The number of carboxylic acids is 1. The Morgan fingerprint density at radius 3 is 1.73 bits per heavy atom. The van der Waals surface area contributed by atoms with E-state index in [-0.39, 0.29) is 13.2 Å². The van der Waals surface area contributed by atoms with Crippen LogP contribution in [0.3, 0.4) is 0 Å². The van der Waals surface area contributed by atoms with Crippen LogP contribution >= 0.6 is 0 Å². The first kappa shape index (κ1) is 19.8. The molecule has 0 unspecified atom stereocenters. The molecule has 0 aliphatic heterocycles. The number of aliphatic hydroxyl groups excluding tert-OH is 2. The Bertz CT molecular complexity index is 103. The van der Waals surface area contributed by atoms with Crippen molar-refractivity contribution in [2.75, 3.05) is 33.0 Å². The van der Waals surface area contributed by atoms with Crippen LogP contribution in [0.5, 0.6) is 0 Å². The average molecular weight is 226 g/mol. The van der Waals surface area contributed by atoms with Crippen molar-refractivity contribution < 1.29 is 24.9 Å². The van der Waals surface area contributed by atoms with Crippen LogP contribution in [0.1, 0.15) is 13.8 Å². The molecule has 0 heterocycles. The monoisotopic (exact) mass is 226 g/mol. The van der Waals surface area contributed by atoms with Crippen molar-refractivity contribution in [2.24, 2.45) is 5.84 Å². The van der Waals surface area contributed by atoms with Gasteiger partial charge >= 0.3 is 0 Å². The highest BCUT2D eigenvalue weighted by Gasteiger charge is 1.79. The van der Waals surface area contributed by atoms with Crippen LogP contribution in [0.15, 0.2) is 0 Å². The quantitative estimate of drug-likeness (QED) is 0.220. The molecule has 0 amide bonds. The van der Waals surface area contributed by atoms with Gasteiger partial charge in [-0.25, -0.2) is 0 Å². The van der Waals surface area contributed by atoms with Crippen molar-refractivity contribution in [1.82, 2.24) is 5.43 Å². The Hall–Kier alpha value is -0.730. The highest BCUT2D eigenvalue weighted by molar-refractivity contribution is 5.62. The van der Waals surface area contributed by atoms with E-state index >= 15 is 0 Å². The molecular weight excluding hydrogens is 204 g/mol.